The maximum Gasteiger partial charge on any atom is 0.229 e. The lowest BCUT2D eigenvalue weighted by Gasteiger charge is -2.18. The Labute approximate surface area is 154 Å². The van der Waals surface area contributed by atoms with Crippen LogP contribution in [0.25, 0.3) is 0 Å². The van der Waals surface area contributed by atoms with E-state index in [-0.39, 0.29) is 30.5 Å². The molecule has 0 radical (unpaired) electrons. The third-order valence-corrected chi connectivity index (χ3v) is 4.16. The molecule has 1 saturated heterocycles. The largest absolute Gasteiger partial charge is 0.326 e. The molecule has 1 fully saturated rings. The zero-order valence-electron chi connectivity index (χ0n) is 14.5. The van der Waals surface area contributed by atoms with E-state index >= 15 is 0 Å². The Kier molecular flexibility index (Phi) is 5.16. The van der Waals surface area contributed by atoms with E-state index in [1.165, 1.54) is 11.8 Å². The van der Waals surface area contributed by atoms with E-state index in [9.17, 15) is 23.2 Å². The maximum absolute atomic E-state index is 13.7. The van der Waals surface area contributed by atoms with Crippen molar-refractivity contribution in [2.75, 3.05) is 22.1 Å². The SMILES string of the molecule is CC(=O)Nc1cccc(N2C[C@@H](C(=O)Nc3ccc(F)cc3F)CC2=O)c1. The van der Waals surface area contributed by atoms with Crippen molar-refractivity contribution in [3.8, 4) is 0 Å². The molecule has 0 unspecified atom stereocenters. The van der Waals surface area contributed by atoms with E-state index in [1.807, 2.05) is 0 Å². The summed E-state index contributed by atoms with van der Waals surface area (Å²) in [6.07, 6.45) is -0.0288. The Morgan fingerprint density at radius 2 is 1.89 bits per heavy atom. The number of carbonyl (C=O) groups excluding carboxylic acids is 3. The number of nitrogens with one attached hydrogen (secondary N) is 2. The first-order valence-electron chi connectivity index (χ1n) is 8.27. The molecule has 3 rings (SSSR count). The van der Waals surface area contributed by atoms with Crippen LogP contribution in [0, 0.1) is 17.6 Å². The van der Waals surface area contributed by atoms with Crippen molar-refractivity contribution >= 4 is 34.8 Å². The molecule has 0 saturated carbocycles. The fourth-order valence-electron chi connectivity index (χ4n) is 2.91. The highest BCUT2D eigenvalue weighted by Crippen LogP contribution is 2.28. The summed E-state index contributed by atoms with van der Waals surface area (Å²) in [7, 11) is 0. The van der Waals surface area contributed by atoms with Crippen LogP contribution in [-0.2, 0) is 14.4 Å². The summed E-state index contributed by atoms with van der Waals surface area (Å²) in [5, 5.41) is 5.03. The van der Waals surface area contributed by atoms with Crippen LogP contribution in [0.2, 0.25) is 0 Å². The smallest absolute Gasteiger partial charge is 0.229 e. The van der Waals surface area contributed by atoms with Crippen LogP contribution in [0.5, 0.6) is 0 Å². The van der Waals surface area contributed by atoms with Gasteiger partial charge in [0, 0.05) is 37.3 Å². The number of hydrogen-bond acceptors (Lipinski definition) is 3. The fraction of sp³-hybridized carbons (Fsp3) is 0.211. The molecule has 2 N–H and O–H groups in total. The summed E-state index contributed by atoms with van der Waals surface area (Å²) in [4.78, 5) is 37.3. The van der Waals surface area contributed by atoms with Crippen molar-refractivity contribution in [1.82, 2.24) is 0 Å². The second-order valence-electron chi connectivity index (χ2n) is 6.25. The molecule has 8 heteroatoms. The van der Waals surface area contributed by atoms with E-state index in [1.54, 1.807) is 24.3 Å². The second kappa shape index (κ2) is 7.53. The Bertz CT molecular complexity index is 917. The predicted molar refractivity (Wildman–Crippen MR) is 96.2 cm³/mol. The highest BCUT2D eigenvalue weighted by Gasteiger charge is 2.35. The fourth-order valence-corrected chi connectivity index (χ4v) is 2.91. The molecular weight excluding hydrogens is 356 g/mol. The van der Waals surface area contributed by atoms with Crippen molar-refractivity contribution in [2.45, 2.75) is 13.3 Å². The van der Waals surface area contributed by atoms with Gasteiger partial charge in [-0.1, -0.05) is 6.07 Å². The van der Waals surface area contributed by atoms with Gasteiger partial charge in [0.1, 0.15) is 11.6 Å². The average Bonchev–Trinajstić information content (AvgIpc) is 2.99. The molecule has 2 aromatic rings. The topological polar surface area (TPSA) is 78.5 Å². The zero-order valence-corrected chi connectivity index (χ0v) is 14.5. The molecule has 0 bridgehead atoms. The molecule has 1 aliphatic rings. The molecule has 6 nitrogen and oxygen atoms in total. The summed E-state index contributed by atoms with van der Waals surface area (Å²) < 4.78 is 26.7. The molecule has 1 heterocycles. The molecule has 140 valence electrons. The Hall–Kier alpha value is -3.29. The molecule has 2 aromatic carbocycles. The maximum atomic E-state index is 13.7. The van der Waals surface area contributed by atoms with Gasteiger partial charge < -0.3 is 15.5 Å². The van der Waals surface area contributed by atoms with Crippen molar-refractivity contribution in [2.24, 2.45) is 5.92 Å². The summed E-state index contributed by atoms with van der Waals surface area (Å²) in [6.45, 7) is 1.50. The highest BCUT2D eigenvalue weighted by atomic mass is 19.1. The van der Waals surface area contributed by atoms with Crippen molar-refractivity contribution in [1.29, 1.82) is 0 Å². The lowest BCUT2D eigenvalue weighted by Crippen LogP contribution is -2.28. The molecular formula is C19H17F2N3O3. The summed E-state index contributed by atoms with van der Waals surface area (Å²) in [5.41, 5.74) is 0.948. The Morgan fingerprint density at radius 3 is 2.59 bits per heavy atom. The summed E-state index contributed by atoms with van der Waals surface area (Å²) in [5.74, 6) is -3.31. The number of rotatable bonds is 4. The molecule has 3 amide bonds. The van der Waals surface area contributed by atoms with Gasteiger partial charge in [-0.25, -0.2) is 8.78 Å². The monoisotopic (exact) mass is 373 g/mol. The molecule has 0 aromatic heterocycles. The van der Waals surface area contributed by atoms with Crippen LogP contribution in [0.3, 0.4) is 0 Å². The lowest BCUT2D eigenvalue weighted by atomic mass is 10.1. The second-order valence-corrected chi connectivity index (χ2v) is 6.25. The quantitative estimate of drug-likeness (QED) is 0.865. The van der Waals surface area contributed by atoms with Gasteiger partial charge in [0.15, 0.2) is 0 Å². The van der Waals surface area contributed by atoms with Gasteiger partial charge in [-0.2, -0.15) is 0 Å². The predicted octanol–water partition coefficient (Wildman–Crippen LogP) is 2.91. The van der Waals surface area contributed by atoms with Crippen LogP contribution in [0.4, 0.5) is 25.8 Å². The van der Waals surface area contributed by atoms with Crippen LogP contribution in [-0.4, -0.2) is 24.3 Å². The Balaban J connectivity index is 1.71. The molecule has 0 aliphatic carbocycles. The van der Waals surface area contributed by atoms with Crippen LogP contribution >= 0.6 is 0 Å². The van der Waals surface area contributed by atoms with Gasteiger partial charge in [0.05, 0.1) is 11.6 Å². The van der Waals surface area contributed by atoms with Gasteiger partial charge in [-0.3, -0.25) is 14.4 Å². The molecule has 0 spiro atoms. The highest BCUT2D eigenvalue weighted by molar-refractivity contribution is 6.04. The first-order chi connectivity index (χ1) is 12.8. The number of amides is 3. The van der Waals surface area contributed by atoms with E-state index < -0.39 is 23.5 Å². The standard InChI is InChI=1S/C19H17F2N3O3/c1-11(25)22-14-3-2-4-15(9-14)24-10-12(7-18(24)26)19(27)23-17-6-5-13(20)8-16(17)21/h2-6,8-9,12H,7,10H2,1H3,(H,22,25)(H,23,27)/t12-/m0/s1. The van der Waals surface area contributed by atoms with Crippen molar-refractivity contribution in [3.05, 3.63) is 54.1 Å². The minimum absolute atomic E-state index is 0.0288. The lowest BCUT2D eigenvalue weighted by molar-refractivity contribution is -0.122. The van der Waals surface area contributed by atoms with E-state index in [2.05, 4.69) is 10.6 Å². The normalized spacial score (nSPS) is 16.3. The third kappa shape index (κ3) is 4.28. The number of nitrogens with zero attached hydrogens (tertiary/aromatic N) is 1. The average molecular weight is 373 g/mol. The summed E-state index contributed by atoms with van der Waals surface area (Å²) in [6, 6.07) is 9.56. The van der Waals surface area contributed by atoms with Crippen LogP contribution in [0.15, 0.2) is 42.5 Å². The van der Waals surface area contributed by atoms with Crippen LogP contribution < -0.4 is 15.5 Å². The molecule has 1 aliphatic heterocycles. The molecule has 1 atom stereocenters. The minimum Gasteiger partial charge on any atom is -0.326 e. The van der Waals surface area contributed by atoms with E-state index in [0.29, 0.717) is 17.4 Å². The first-order valence-corrected chi connectivity index (χ1v) is 8.27. The van der Waals surface area contributed by atoms with E-state index in [0.717, 1.165) is 12.1 Å². The summed E-state index contributed by atoms with van der Waals surface area (Å²) >= 11 is 0. The first kappa shape index (κ1) is 18.5. The number of anilines is 3. The zero-order chi connectivity index (χ0) is 19.6. The van der Waals surface area contributed by atoms with E-state index in [4.69, 9.17) is 0 Å². The van der Waals surface area contributed by atoms with Gasteiger partial charge in [-0.15, -0.1) is 0 Å². The molecule has 27 heavy (non-hydrogen) atoms. The van der Waals surface area contributed by atoms with Crippen molar-refractivity contribution in [3.63, 3.8) is 0 Å². The number of benzene rings is 2. The third-order valence-electron chi connectivity index (χ3n) is 4.16. The van der Waals surface area contributed by atoms with Gasteiger partial charge in [-0.05, 0) is 30.3 Å². The number of hydrogen-bond donors (Lipinski definition) is 2. The van der Waals surface area contributed by atoms with Crippen molar-refractivity contribution < 1.29 is 23.2 Å². The van der Waals surface area contributed by atoms with Gasteiger partial charge in [0.2, 0.25) is 17.7 Å². The minimum atomic E-state index is -0.882. The number of halogens is 2. The number of carbonyl (C=O) groups is 3. The van der Waals surface area contributed by atoms with Crippen LogP contribution in [0.1, 0.15) is 13.3 Å². The van der Waals surface area contributed by atoms with Gasteiger partial charge >= 0.3 is 0 Å². The Morgan fingerprint density at radius 1 is 1.11 bits per heavy atom. The van der Waals surface area contributed by atoms with Gasteiger partial charge in [0.25, 0.3) is 0 Å².